The lowest BCUT2D eigenvalue weighted by Crippen LogP contribution is -2.64. The second kappa shape index (κ2) is 8.63. The SMILES string of the molecule is CC1CCC(NC(=O)C2(C)Cc3ccccc3C(=O)N2CCc2ccccc2)CC1. The van der Waals surface area contributed by atoms with Crippen LogP contribution in [0.3, 0.4) is 0 Å². The van der Waals surface area contributed by atoms with Crippen molar-refractivity contribution in [3.63, 3.8) is 0 Å². The maximum Gasteiger partial charge on any atom is 0.255 e. The Hall–Kier alpha value is -2.62. The van der Waals surface area contributed by atoms with Crippen molar-refractivity contribution in [2.75, 3.05) is 6.54 Å². The Morgan fingerprint density at radius 2 is 1.70 bits per heavy atom. The fourth-order valence-corrected chi connectivity index (χ4v) is 4.90. The van der Waals surface area contributed by atoms with Gasteiger partial charge in [0.25, 0.3) is 5.91 Å². The molecular formula is C26H32N2O2. The molecule has 0 bridgehead atoms. The van der Waals surface area contributed by atoms with E-state index >= 15 is 0 Å². The Bertz CT molecular complexity index is 902. The van der Waals surface area contributed by atoms with Gasteiger partial charge in [-0.3, -0.25) is 9.59 Å². The van der Waals surface area contributed by atoms with Crippen molar-refractivity contribution in [1.29, 1.82) is 0 Å². The monoisotopic (exact) mass is 404 g/mol. The molecular weight excluding hydrogens is 372 g/mol. The number of fused-ring (bicyclic) bond motifs is 1. The summed E-state index contributed by atoms with van der Waals surface area (Å²) in [5.74, 6) is 0.680. The molecule has 1 N–H and O–H groups in total. The summed E-state index contributed by atoms with van der Waals surface area (Å²) < 4.78 is 0. The molecule has 2 amide bonds. The van der Waals surface area contributed by atoms with Gasteiger partial charge in [-0.1, -0.05) is 55.5 Å². The summed E-state index contributed by atoms with van der Waals surface area (Å²) in [5.41, 5.74) is 1.99. The van der Waals surface area contributed by atoms with E-state index in [1.54, 1.807) is 0 Å². The fourth-order valence-electron chi connectivity index (χ4n) is 4.90. The number of hydrogen-bond acceptors (Lipinski definition) is 2. The zero-order valence-corrected chi connectivity index (χ0v) is 18.1. The van der Waals surface area contributed by atoms with E-state index in [0.717, 1.165) is 49.1 Å². The smallest absolute Gasteiger partial charge is 0.255 e. The Morgan fingerprint density at radius 3 is 2.43 bits per heavy atom. The number of amides is 2. The summed E-state index contributed by atoms with van der Waals surface area (Å²) in [6.07, 6.45) is 5.65. The highest BCUT2D eigenvalue weighted by Gasteiger charge is 2.47. The number of hydrogen-bond donors (Lipinski definition) is 1. The minimum atomic E-state index is -0.872. The number of nitrogens with zero attached hydrogens (tertiary/aromatic N) is 1. The zero-order valence-electron chi connectivity index (χ0n) is 18.1. The van der Waals surface area contributed by atoms with Crippen molar-refractivity contribution >= 4 is 11.8 Å². The molecule has 4 heteroatoms. The van der Waals surface area contributed by atoms with Gasteiger partial charge in [-0.25, -0.2) is 0 Å². The van der Waals surface area contributed by atoms with E-state index < -0.39 is 5.54 Å². The van der Waals surface area contributed by atoms with E-state index in [1.807, 2.05) is 54.3 Å². The normalized spacial score (nSPS) is 26.2. The summed E-state index contributed by atoms with van der Waals surface area (Å²) in [6.45, 7) is 4.75. The summed E-state index contributed by atoms with van der Waals surface area (Å²) in [7, 11) is 0. The van der Waals surface area contributed by atoms with Gasteiger partial charge in [-0.05, 0) is 62.1 Å². The minimum Gasteiger partial charge on any atom is -0.351 e. The molecule has 2 aromatic rings. The highest BCUT2D eigenvalue weighted by Crippen LogP contribution is 2.32. The molecule has 1 unspecified atom stereocenters. The number of rotatable bonds is 5. The van der Waals surface area contributed by atoms with E-state index in [0.29, 0.717) is 13.0 Å². The molecule has 30 heavy (non-hydrogen) atoms. The fraction of sp³-hybridized carbons (Fsp3) is 0.462. The van der Waals surface area contributed by atoms with Crippen molar-refractivity contribution in [1.82, 2.24) is 10.2 Å². The lowest BCUT2D eigenvalue weighted by Gasteiger charge is -2.45. The van der Waals surface area contributed by atoms with Gasteiger partial charge in [-0.2, -0.15) is 0 Å². The minimum absolute atomic E-state index is 0.0158. The maximum absolute atomic E-state index is 13.5. The van der Waals surface area contributed by atoms with Crippen LogP contribution in [-0.2, 0) is 17.6 Å². The summed E-state index contributed by atoms with van der Waals surface area (Å²) in [4.78, 5) is 28.8. The topological polar surface area (TPSA) is 49.4 Å². The second-order valence-corrected chi connectivity index (χ2v) is 9.23. The standard InChI is InChI=1S/C26H32N2O2/c1-19-12-14-22(15-13-19)27-25(30)26(2)18-21-10-6-7-11-23(21)24(29)28(26)17-16-20-8-4-3-5-9-20/h3-11,19,22H,12-18H2,1-2H3,(H,27,30). The quantitative estimate of drug-likeness (QED) is 0.804. The lowest BCUT2D eigenvalue weighted by molar-refractivity contribution is -0.132. The highest BCUT2D eigenvalue weighted by atomic mass is 16.2. The number of carbonyl (C=O) groups is 2. The van der Waals surface area contributed by atoms with Crippen molar-refractivity contribution in [3.8, 4) is 0 Å². The first-order chi connectivity index (χ1) is 14.5. The van der Waals surface area contributed by atoms with Gasteiger partial charge in [-0.15, -0.1) is 0 Å². The van der Waals surface area contributed by atoms with E-state index in [1.165, 1.54) is 5.56 Å². The number of carbonyl (C=O) groups excluding carboxylic acids is 2. The lowest BCUT2D eigenvalue weighted by atomic mass is 9.81. The van der Waals surface area contributed by atoms with Gasteiger partial charge in [0.1, 0.15) is 5.54 Å². The maximum atomic E-state index is 13.5. The van der Waals surface area contributed by atoms with Crippen LogP contribution in [0.5, 0.6) is 0 Å². The average molecular weight is 405 g/mol. The van der Waals surface area contributed by atoms with E-state index in [4.69, 9.17) is 0 Å². The molecule has 0 radical (unpaired) electrons. The molecule has 1 aliphatic heterocycles. The Labute approximate surface area is 179 Å². The van der Waals surface area contributed by atoms with Gasteiger partial charge in [0.2, 0.25) is 5.91 Å². The van der Waals surface area contributed by atoms with Gasteiger partial charge < -0.3 is 10.2 Å². The average Bonchev–Trinajstić information content (AvgIpc) is 2.76. The molecule has 0 spiro atoms. The first-order valence-electron chi connectivity index (χ1n) is 11.2. The predicted octanol–water partition coefficient (Wildman–Crippen LogP) is 4.38. The van der Waals surface area contributed by atoms with Crippen LogP contribution in [0.15, 0.2) is 54.6 Å². The molecule has 1 heterocycles. The van der Waals surface area contributed by atoms with Crippen molar-refractivity contribution < 1.29 is 9.59 Å². The van der Waals surface area contributed by atoms with Crippen molar-refractivity contribution in [2.24, 2.45) is 5.92 Å². The third kappa shape index (κ3) is 4.14. The van der Waals surface area contributed by atoms with Crippen LogP contribution >= 0.6 is 0 Å². The van der Waals surface area contributed by atoms with Crippen molar-refractivity contribution in [2.45, 2.75) is 64.0 Å². The van der Waals surface area contributed by atoms with E-state index in [-0.39, 0.29) is 17.9 Å². The third-order valence-electron chi connectivity index (χ3n) is 6.93. The first-order valence-corrected chi connectivity index (χ1v) is 11.2. The molecule has 0 saturated heterocycles. The summed E-state index contributed by atoms with van der Waals surface area (Å²) in [6, 6.07) is 18.1. The Balaban J connectivity index is 1.58. The predicted molar refractivity (Wildman–Crippen MR) is 119 cm³/mol. The molecule has 2 aliphatic rings. The van der Waals surface area contributed by atoms with E-state index in [9.17, 15) is 9.59 Å². The van der Waals surface area contributed by atoms with Crippen LogP contribution in [0, 0.1) is 5.92 Å². The van der Waals surface area contributed by atoms with Crippen LogP contribution in [-0.4, -0.2) is 34.8 Å². The molecule has 0 aromatic heterocycles. The summed E-state index contributed by atoms with van der Waals surface area (Å²) in [5, 5.41) is 3.30. The van der Waals surface area contributed by atoms with Gasteiger partial charge in [0.15, 0.2) is 0 Å². The third-order valence-corrected chi connectivity index (χ3v) is 6.93. The second-order valence-electron chi connectivity index (χ2n) is 9.23. The van der Waals surface area contributed by atoms with E-state index in [2.05, 4.69) is 24.4 Å². The van der Waals surface area contributed by atoms with Crippen LogP contribution in [0.2, 0.25) is 0 Å². The molecule has 158 valence electrons. The molecule has 1 saturated carbocycles. The van der Waals surface area contributed by atoms with Gasteiger partial charge in [0.05, 0.1) is 0 Å². The largest absolute Gasteiger partial charge is 0.351 e. The molecule has 4 nitrogen and oxygen atoms in total. The van der Waals surface area contributed by atoms with Crippen LogP contribution in [0.1, 0.15) is 61.0 Å². The molecule has 1 atom stereocenters. The Kier molecular flexibility index (Phi) is 5.94. The molecule has 1 aliphatic carbocycles. The Morgan fingerprint density at radius 1 is 1.03 bits per heavy atom. The van der Waals surface area contributed by atoms with Gasteiger partial charge in [0, 0.05) is 24.6 Å². The number of benzene rings is 2. The van der Waals surface area contributed by atoms with Crippen molar-refractivity contribution in [3.05, 3.63) is 71.3 Å². The van der Waals surface area contributed by atoms with Gasteiger partial charge >= 0.3 is 0 Å². The van der Waals surface area contributed by atoms with Crippen LogP contribution < -0.4 is 5.32 Å². The first kappa shape index (κ1) is 20.6. The molecule has 1 fully saturated rings. The highest BCUT2D eigenvalue weighted by molar-refractivity contribution is 6.02. The molecule has 2 aromatic carbocycles. The molecule has 4 rings (SSSR count). The van der Waals surface area contributed by atoms with Crippen LogP contribution in [0.4, 0.5) is 0 Å². The zero-order chi connectivity index (χ0) is 21.1. The number of nitrogens with one attached hydrogen (secondary N) is 1. The van der Waals surface area contributed by atoms with Crippen LogP contribution in [0.25, 0.3) is 0 Å². The summed E-state index contributed by atoms with van der Waals surface area (Å²) >= 11 is 0.